The Bertz CT molecular complexity index is 1590. The molecule has 0 aliphatic heterocycles. The van der Waals surface area contributed by atoms with Crippen molar-refractivity contribution < 1.29 is 42.1 Å². The molecule has 0 aromatic heterocycles. The molecule has 10 heteroatoms. The summed E-state index contributed by atoms with van der Waals surface area (Å²) in [6, 6.07) is 0. The van der Waals surface area contributed by atoms with E-state index in [0.717, 1.165) is 32.1 Å². The first-order valence-corrected chi connectivity index (χ1v) is 45.7. The zero-order chi connectivity index (χ0) is 70.4. The normalized spacial score (nSPS) is 12.8. The van der Waals surface area contributed by atoms with Crippen molar-refractivity contribution in [1.29, 1.82) is 0 Å². The fourth-order valence-electron chi connectivity index (χ4n) is 14.1. The third-order valence-corrected chi connectivity index (χ3v) is 21.8. The fourth-order valence-corrected chi connectivity index (χ4v) is 14.9. The van der Waals surface area contributed by atoms with Crippen LogP contribution in [-0.2, 0) is 32.7 Å². The number of esters is 2. The summed E-state index contributed by atoms with van der Waals surface area (Å²) in [6.45, 7) is 4.36. The summed E-state index contributed by atoms with van der Waals surface area (Å²) in [7, 11) is 1.20. The SMILES string of the molecule is CCCCCCCCCCCCCCCCCCCCCCCCCCCCCCCCCCCCCCCCCC(=O)OC(COC(=O)CCCCCCCCCCCCCCCCCCCCCCCCCCCCCCCCCCCC)COP(=O)([O-])OCC[N+](C)(C)C. The van der Waals surface area contributed by atoms with Gasteiger partial charge in [-0.05, 0) is 12.8 Å². The van der Waals surface area contributed by atoms with Crippen molar-refractivity contribution in [2.24, 2.45) is 0 Å². The number of unbranched alkanes of at least 4 members (excludes halogenated alkanes) is 71. The summed E-state index contributed by atoms with van der Waals surface area (Å²) in [5.41, 5.74) is 0. The van der Waals surface area contributed by atoms with Gasteiger partial charge in [0.25, 0.3) is 7.82 Å². The third kappa shape index (κ3) is 83.8. The van der Waals surface area contributed by atoms with Gasteiger partial charge >= 0.3 is 11.9 Å². The van der Waals surface area contributed by atoms with Crippen molar-refractivity contribution in [1.82, 2.24) is 0 Å². The smallest absolute Gasteiger partial charge is 0.306 e. The van der Waals surface area contributed by atoms with Gasteiger partial charge in [-0.25, -0.2) is 0 Å². The number of nitrogens with zero attached hydrogens (tertiary/aromatic N) is 1. The number of rotatable bonds is 85. The Kier molecular flexibility index (Phi) is 78.3. The molecule has 2 atom stereocenters. The van der Waals surface area contributed by atoms with Crippen molar-refractivity contribution >= 4 is 19.8 Å². The van der Waals surface area contributed by atoms with E-state index in [0.29, 0.717) is 17.4 Å². The van der Waals surface area contributed by atoms with E-state index in [9.17, 15) is 19.0 Å². The average Bonchev–Trinajstić information content (AvgIpc) is 1.69. The van der Waals surface area contributed by atoms with Crippen molar-refractivity contribution in [2.75, 3.05) is 47.5 Å². The van der Waals surface area contributed by atoms with Gasteiger partial charge < -0.3 is 27.9 Å². The Hall–Kier alpha value is -0.990. The van der Waals surface area contributed by atoms with Gasteiger partial charge in [-0.3, -0.25) is 14.2 Å². The Balaban J connectivity index is 3.82. The maximum atomic E-state index is 12.9. The summed E-state index contributed by atoms with van der Waals surface area (Å²) >= 11 is 0. The van der Waals surface area contributed by atoms with Crippen molar-refractivity contribution in [3.8, 4) is 0 Å². The fraction of sp³-hybridized carbons (Fsp3) is 0.977. The van der Waals surface area contributed by atoms with E-state index in [-0.39, 0.29) is 32.0 Å². The van der Waals surface area contributed by atoms with Gasteiger partial charge in [-0.2, -0.15) is 0 Å². The summed E-state index contributed by atoms with van der Waals surface area (Å²) in [5.74, 6) is -0.798. The highest BCUT2D eigenvalue weighted by Gasteiger charge is 2.22. The molecule has 0 aliphatic rings. The molecule has 0 bridgehead atoms. The van der Waals surface area contributed by atoms with Crippen LogP contribution in [0.2, 0.25) is 0 Å². The minimum atomic E-state index is -4.64. The minimum Gasteiger partial charge on any atom is -0.756 e. The highest BCUT2D eigenvalue weighted by atomic mass is 31.2. The quantitative estimate of drug-likeness (QED) is 0.0256. The van der Waals surface area contributed by atoms with Crippen LogP contribution in [-0.4, -0.2) is 70.0 Å². The molecule has 0 aliphatic carbocycles. The van der Waals surface area contributed by atoms with Gasteiger partial charge in [0, 0.05) is 12.8 Å². The molecular formula is C87H174NO8P. The van der Waals surface area contributed by atoms with Crippen LogP contribution >= 0.6 is 7.82 Å². The van der Waals surface area contributed by atoms with Crippen LogP contribution in [0.5, 0.6) is 0 Å². The second-order valence-electron chi connectivity index (χ2n) is 32.0. The first kappa shape index (κ1) is 96.0. The van der Waals surface area contributed by atoms with Gasteiger partial charge in [-0.1, -0.05) is 470 Å². The van der Waals surface area contributed by atoms with E-state index in [2.05, 4.69) is 13.8 Å². The summed E-state index contributed by atoms with van der Waals surface area (Å²) < 4.78 is 34.5. The Morgan fingerprint density at radius 1 is 0.278 bits per heavy atom. The first-order valence-electron chi connectivity index (χ1n) is 44.2. The van der Waals surface area contributed by atoms with Crippen molar-refractivity contribution in [3.63, 3.8) is 0 Å². The number of quaternary nitrogens is 1. The van der Waals surface area contributed by atoms with E-state index in [1.165, 1.54) is 430 Å². The van der Waals surface area contributed by atoms with E-state index in [4.69, 9.17) is 18.5 Å². The van der Waals surface area contributed by atoms with Crippen LogP contribution in [0.25, 0.3) is 0 Å². The first-order chi connectivity index (χ1) is 47.5. The average molecular weight is 1390 g/mol. The zero-order valence-corrected chi connectivity index (χ0v) is 67.5. The molecule has 97 heavy (non-hydrogen) atoms. The van der Waals surface area contributed by atoms with Gasteiger partial charge in [0.2, 0.25) is 0 Å². The number of phosphoric acid groups is 1. The Morgan fingerprint density at radius 2 is 0.464 bits per heavy atom. The standard InChI is InChI=1S/C87H174NO8P/c1-6-8-10-12-14-16-18-20-22-24-26-28-30-32-34-36-38-40-42-43-44-45-46-48-50-52-54-56-58-60-62-64-66-68-70-72-74-76-78-80-87(90)96-85(84-95-97(91,92)94-82-81-88(3,4)5)83-93-86(89)79-77-75-73-71-69-67-65-63-61-59-57-55-53-51-49-47-41-39-37-35-33-31-29-27-25-23-21-19-17-15-13-11-9-7-2/h85H,6-84H2,1-5H3. The predicted molar refractivity (Wildman–Crippen MR) is 421 cm³/mol. The van der Waals surface area contributed by atoms with Crippen LogP contribution in [0.15, 0.2) is 0 Å². The number of hydrogen-bond donors (Lipinski definition) is 0. The molecule has 0 radical (unpaired) electrons. The molecule has 0 N–H and O–H groups in total. The molecule has 0 amide bonds. The molecular weight excluding hydrogens is 1220 g/mol. The zero-order valence-electron chi connectivity index (χ0n) is 66.6. The van der Waals surface area contributed by atoms with Gasteiger partial charge in [-0.15, -0.1) is 0 Å². The second kappa shape index (κ2) is 79.1. The van der Waals surface area contributed by atoms with Gasteiger partial charge in [0.1, 0.15) is 19.8 Å². The molecule has 0 fully saturated rings. The maximum absolute atomic E-state index is 12.9. The molecule has 580 valence electrons. The van der Waals surface area contributed by atoms with Crippen LogP contribution in [0.1, 0.15) is 495 Å². The largest absolute Gasteiger partial charge is 0.756 e. The molecule has 0 saturated heterocycles. The number of carbonyl (C=O) groups excluding carboxylic acids is 2. The molecule has 0 rings (SSSR count). The molecule has 0 aromatic carbocycles. The van der Waals surface area contributed by atoms with Crippen LogP contribution in [0.3, 0.4) is 0 Å². The lowest BCUT2D eigenvalue weighted by atomic mass is 10.0. The number of likely N-dealkylation sites (N-methyl/N-ethyl adjacent to an activating group) is 1. The second-order valence-corrected chi connectivity index (χ2v) is 33.4. The lowest BCUT2D eigenvalue weighted by molar-refractivity contribution is -0.870. The monoisotopic (exact) mass is 1390 g/mol. The topological polar surface area (TPSA) is 111 Å². The number of carbonyl (C=O) groups is 2. The summed E-state index contributed by atoms with van der Waals surface area (Å²) in [4.78, 5) is 38.2. The van der Waals surface area contributed by atoms with E-state index in [1.54, 1.807) is 0 Å². The Morgan fingerprint density at radius 3 is 0.660 bits per heavy atom. The maximum Gasteiger partial charge on any atom is 0.306 e. The van der Waals surface area contributed by atoms with Crippen LogP contribution in [0.4, 0.5) is 0 Å². The highest BCUT2D eigenvalue weighted by molar-refractivity contribution is 7.45. The lowest BCUT2D eigenvalue weighted by Gasteiger charge is -2.28. The number of phosphoric ester groups is 1. The van der Waals surface area contributed by atoms with E-state index in [1.807, 2.05) is 21.1 Å². The van der Waals surface area contributed by atoms with Gasteiger partial charge in [0.15, 0.2) is 6.10 Å². The molecule has 0 saturated carbocycles. The summed E-state index contributed by atoms with van der Waals surface area (Å²) in [5, 5.41) is 0. The van der Waals surface area contributed by atoms with Gasteiger partial charge in [0.05, 0.1) is 27.7 Å². The summed E-state index contributed by atoms with van der Waals surface area (Å²) in [6.07, 6.45) is 100.0. The molecule has 0 spiro atoms. The molecule has 9 nitrogen and oxygen atoms in total. The molecule has 0 aromatic rings. The Labute approximate surface area is 607 Å². The third-order valence-electron chi connectivity index (χ3n) is 20.9. The predicted octanol–water partition coefficient (Wildman–Crippen LogP) is 28.9. The van der Waals surface area contributed by atoms with E-state index < -0.39 is 26.5 Å². The van der Waals surface area contributed by atoms with E-state index >= 15 is 0 Å². The molecule has 0 heterocycles. The highest BCUT2D eigenvalue weighted by Crippen LogP contribution is 2.38. The lowest BCUT2D eigenvalue weighted by Crippen LogP contribution is -2.37. The minimum absolute atomic E-state index is 0.0245. The van der Waals surface area contributed by atoms with Crippen LogP contribution in [0, 0.1) is 0 Å². The van der Waals surface area contributed by atoms with Crippen molar-refractivity contribution in [3.05, 3.63) is 0 Å². The number of hydrogen-bond acceptors (Lipinski definition) is 8. The van der Waals surface area contributed by atoms with Crippen LogP contribution < -0.4 is 4.89 Å². The van der Waals surface area contributed by atoms with Crippen molar-refractivity contribution in [2.45, 2.75) is 502 Å². The number of ether oxygens (including phenoxy) is 2. The molecule has 2 unspecified atom stereocenters.